The summed E-state index contributed by atoms with van der Waals surface area (Å²) < 4.78 is 0. The van der Waals surface area contributed by atoms with E-state index in [-0.39, 0.29) is 0 Å². The summed E-state index contributed by atoms with van der Waals surface area (Å²) in [7, 11) is 0. The summed E-state index contributed by atoms with van der Waals surface area (Å²) in [5.74, 6) is 6.97. The van der Waals surface area contributed by atoms with Crippen molar-refractivity contribution in [2.24, 2.45) is 0 Å². The first-order chi connectivity index (χ1) is 4.81. The molecular formula is C8H15NS. The van der Waals surface area contributed by atoms with E-state index in [0.717, 1.165) is 12.3 Å². The lowest BCUT2D eigenvalue weighted by Crippen LogP contribution is -2.28. The molecule has 1 atom stereocenters. The van der Waals surface area contributed by atoms with Gasteiger partial charge in [0.1, 0.15) is 0 Å². The molecule has 0 aromatic rings. The monoisotopic (exact) mass is 157 g/mol. The van der Waals surface area contributed by atoms with E-state index in [1.165, 1.54) is 0 Å². The van der Waals surface area contributed by atoms with Crippen LogP contribution in [0.2, 0.25) is 0 Å². The molecule has 0 spiro atoms. The Balaban J connectivity index is 3.18. The summed E-state index contributed by atoms with van der Waals surface area (Å²) in [5, 5.41) is 3.29. The maximum Gasteiger partial charge on any atom is 0.0578 e. The van der Waals surface area contributed by atoms with Crippen molar-refractivity contribution in [3.63, 3.8) is 0 Å². The Morgan fingerprint density at radius 1 is 1.60 bits per heavy atom. The van der Waals surface area contributed by atoms with Gasteiger partial charge < -0.3 is 5.32 Å². The molecule has 1 nitrogen and oxygen atoms in total. The molecule has 0 rings (SSSR count). The third-order valence-electron chi connectivity index (χ3n) is 1.13. The summed E-state index contributed by atoms with van der Waals surface area (Å²) in [5.41, 5.74) is 0. The van der Waals surface area contributed by atoms with Crippen LogP contribution in [0.1, 0.15) is 13.8 Å². The van der Waals surface area contributed by atoms with E-state index in [1.54, 1.807) is 0 Å². The summed E-state index contributed by atoms with van der Waals surface area (Å²) in [6.45, 7) is 4.85. The molecule has 0 amide bonds. The van der Waals surface area contributed by atoms with Gasteiger partial charge in [0.25, 0.3) is 0 Å². The summed E-state index contributed by atoms with van der Waals surface area (Å²) in [6, 6.07) is 0.579. The number of hydrogen-bond acceptors (Lipinski definition) is 2. The van der Waals surface area contributed by atoms with Crippen LogP contribution in [0.4, 0.5) is 0 Å². The van der Waals surface area contributed by atoms with Gasteiger partial charge >= 0.3 is 0 Å². The third-order valence-corrected chi connectivity index (χ3v) is 1.97. The first-order valence-corrected chi connectivity index (χ1v) is 4.82. The number of hydrogen-bond donors (Lipinski definition) is 1. The molecule has 0 aliphatic rings. The number of nitrogens with one attached hydrogen (secondary N) is 1. The van der Waals surface area contributed by atoms with Crippen LogP contribution < -0.4 is 5.32 Å². The fraction of sp³-hybridized carbons (Fsp3) is 0.750. The Morgan fingerprint density at radius 3 is 2.80 bits per heavy atom. The molecule has 0 saturated heterocycles. The lowest BCUT2D eigenvalue weighted by molar-refractivity contribution is 0.647. The Morgan fingerprint density at radius 2 is 2.30 bits per heavy atom. The van der Waals surface area contributed by atoms with Gasteiger partial charge in [0.15, 0.2) is 0 Å². The molecule has 0 aromatic carbocycles. The molecule has 1 unspecified atom stereocenters. The summed E-state index contributed by atoms with van der Waals surface area (Å²) >= 11 is 1.86. The highest BCUT2D eigenvalue weighted by molar-refractivity contribution is 7.98. The molecule has 0 aliphatic carbocycles. The van der Waals surface area contributed by atoms with Crippen LogP contribution >= 0.6 is 11.8 Å². The van der Waals surface area contributed by atoms with E-state index < -0.39 is 0 Å². The fourth-order valence-corrected chi connectivity index (χ4v) is 1.24. The van der Waals surface area contributed by atoms with Crippen LogP contribution in [0.5, 0.6) is 0 Å². The molecule has 1 N–H and O–H groups in total. The quantitative estimate of drug-likeness (QED) is 0.618. The lowest BCUT2D eigenvalue weighted by Gasteiger charge is -2.08. The normalized spacial score (nSPS) is 11.9. The average Bonchev–Trinajstić information content (AvgIpc) is 1.89. The van der Waals surface area contributed by atoms with Gasteiger partial charge in [0.2, 0.25) is 0 Å². The van der Waals surface area contributed by atoms with Gasteiger partial charge in [-0.05, 0) is 20.1 Å². The van der Waals surface area contributed by atoms with Crippen molar-refractivity contribution in [2.45, 2.75) is 19.9 Å². The van der Waals surface area contributed by atoms with E-state index in [2.05, 4.69) is 30.3 Å². The van der Waals surface area contributed by atoms with Gasteiger partial charge in [0.05, 0.1) is 6.54 Å². The molecular weight excluding hydrogens is 142 g/mol. The molecule has 0 heterocycles. The topological polar surface area (TPSA) is 12.0 Å². The van der Waals surface area contributed by atoms with Crippen molar-refractivity contribution >= 4 is 11.8 Å². The standard InChI is InChI=1S/C8H15NS/c1-4-5-6-9-8(2)7-10-3/h8-9H,6-7H2,1-3H3. The van der Waals surface area contributed by atoms with Crippen LogP contribution in [-0.2, 0) is 0 Å². The summed E-state index contributed by atoms with van der Waals surface area (Å²) in [6.07, 6.45) is 2.11. The van der Waals surface area contributed by atoms with Crippen molar-refractivity contribution in [2.75, 3.05) is 18.6 Å². The van der Waals surface area contributed by atoms with Crippen LogP contribution in [0.15, 0.2) is 0 Å². The van der Waals surface area contributed by atoms with E-state index in [1.807, 2.05) is 18.7 Å². The summed E-state index contributed by atoms with van der Waals surface area (Å²) in [4.78, 5) is 0. The van der Waals surface area contributed by atoms with Gasteiger partial charge in [-0.3, -0.25) is 0 Å². The van der Waals surface area contributed by atoms with Gasteiger partial charge in [0, 0.05) is 11.8 Å². The predicted octanol–water partition coefficient (Wildman–Crippen LogP) is 1.35. The number of thioether (sulfide) groups is 1. The molecule has 0 fully saturated rings. The third kappa shape index (κ3) is 6.00. The molecule has 0 saturated carbocycles. The van der Waals surface area contributed by atoms with E-state index in [0.29, 0.717) is 6.04 Å². The van der Waals surface area contributed by atoms with E-state index in [9.17, 15) is 0 Å². The highest BCUT2D eigenvalue weighted by atomic mass is 32.2. The highest BCUT2D eigenvalue weighted by Crippen LogP contribution is 1.94. The minimum absolute atomic E-state index is 0.579. The molecule has 10 heavy (non-hydrogen) atoms. The first-order valence-electron chi connectivity index (χ1n) is 3.43. The Kier molecular flexibility index (Phi) is 6.89. The van der Waals surface area contributed by atoms with Crippen molar-refractivity contribution in [3.05, 3.63) is 0 Å². The van der Waals surface area contributed by atoms with Crippen molar-refractivity contribution in [3.8, 4) is 11.8 Å². The molecule has 2 heteroatoms. The second kappa shape index (κ2) is 6.98. The maximum atomic E-state index is 3.29. The maximum absolute atomic E-state index is 3.29. The second-order valence-corrected chi connectivity index (χ2v) is 3.07. The zero-order valence-corrected chi connectivity index (χ0v) is 7.72. The van der Waals surface area contributed by atoms with Gasteiger partial charge in [-0.25, -0.2) is 0 Å². The fourth-order valence-electron chi connectivity index (χ4n) is 0.623. The van der Waals surface area contributed by atoms with Gasteiger partial charge in [-0.15, -0.1) is 5.92 Å². The van der Waals surface area contributed by atoms with Crippen LogP contribution in [0.25, 0.3) is 0 Å². The SMILES string of the molecule is CC#CCNC(C)CSC. The van der Waals surface area contributed by atoms with Crippen molar-refractivity contribution < 1.29 is 0 Å². The lowest BCUT2D eigenvalue weighted by atomic mass is 10.4. The largest absolute Gasteiger partial charge is 0.303 e. The Labute approximate surface area is 68.0 Å². The minimum Gasteiger partial charge on any atom is -0.303 e. The molecule has 58 valence electrons. The predicted molar refractivity (Wildman–Crippen MR) is 49.3 cm³/mol. The van der Waals surface area contributed by atoms with Crippen LogP contribution in [0, 0.1) is 11.8 Å². The molecule has 0 bridgehead atoms. The van der Waals surface area contributed by atoms with E-state index in [4.69, 9.17) is 0 Å². The average molecular weight is 157 g/mol. The minimum atomic E-state index is 0.579. The Bertz CT molecular complexity index is 123. The van der Waals surface area contributed by atoms with Crippen LogP contribution in [0.3, 0.4) is 0 Å². The zero-order valence-electron chi connectivity index (χ0n) is 6.90. The molecule has 0 radical (unpaired) electrons. The first kappa shape index (κ1) is 9.87. The van der Waals surface area contributed by atoms with Gasteiger partial charge in [-0.1, -0.05) is 5.92 Å². The zero-order chi connectivity index (χ0) is 7.82. The number of rotatable bonds is 4. The van der Waals surface area contributed by atoms with Gasteiger partial charge in [-0.2, -0.15) is 11.8 Å². The molecule has 0 aromatic heterocycles. The smallest absolute Gasteiger partial charge is 0.0578 e. The van der Waals surface area contributed by atoms with E-state index >= 15 is 0 Å². The van der Waals surface area contributed by atoms with Crippen molar-refractivity contribution in [1.29, 1.82) is 0 Å². The highest BCUT2D eigenvalue weighted by Gasteiger charge is 1.95. The second-order valence-electron chi connectivity index (χ2n) is 2.16. The van der Waals surface area contributed by atoms with Crippen LogP contribution in [-0.4, -0.2) is 24.6 Å². The Hall–Kier alpha value is -0.130. The van der Waals surface area contributed by atoms with Crippen molar-refractivity contribution in [1.82, 2.24) is 5.32 Å². The molecule has 0 aliphatic heterocycles.